The lowest BCUT2D eigenvalue weighted by atomic mass is 10.1. The van der Waals surface area contributed by atoms with Crippen LogP contribution in [0.15, 0.2) is 57.8 Å². The molecule has 0 atom stereocenters. The Morgan fingerprint density at radius 1 is 1.35 bits per heavy atom. The van der Waals surface area contributed by atoms with Crippen molar-refractivity contribution in [2.24, 2.45) is 9.98 Å². The molecule has 0 unspecified atom stereocenters. The van der Waals surface area contributed by atoms with Gasteiger partial charge in [-0.1, -0.05) is 24.3 Å². The van der Waals surface area contributed by atoms with E-state index in [9.17, 15) is 0 Å². The normalized spacial score (nSPS) is 11.7. The van der Waals surface area contributed by atoms with Gasteiger partial charge in [-0.25, -0.2) is 0 Å². The third-order valence-electron chi connectivity index (χ3n) is 3.36. The number of aryl methyl sites for hydroxylation is 1. The number of anilines is 1. The monoisotopic (exact) mass is 323 g/mol. The van der Waals surface area contributed by atoms with Crippen LogP contribution in [0.1, 0.15) is 23.6 Å². The van der Waals surface area contributed by atoms with Crippen LogP contribution in [0.4, 0.5) is 5.69 Å². The van der Waals surface area contributed by atoms with Crippen LogP contribution < -0.4 is 5.32 Å². The molecule has 3 nitrogen and oxygen atoms in total. The summed E-state index contributed by atoms with van der Waals surface area (Å²) in [7, 11) is 0. The average molecular weight is 323 g/mol. The number of rotatable bonds is 7. The van der Waals surface area contributed by atoms with Gasteiger partial charge in [-0.2, -0.15) is 11.3 Å². The first kappa shape index (κ1) is 16.9. The van der Waals surface area contributed by atoms with Crippen LogP contribution in [0, 0.1) is 6.92 Å². The van der Waals surface area contributed by atoms with Gasteiger partial charge < -0.3 is 5.32 Å². The Bertz CT molecular complexity index is 753. The zero-order chi connectivity index (χ0) is 16.7. The number of thiophene rings is 1. The molecule has 2 aromatic rings. The second-order valence-corrected chi connectivity index (χ2v) is 5.99. The van der Waals surface area contributed by atoms with Gasteiger partial charge in [0.2, 0.25) is 0 Å². The van der Waals surface area contributed by atoms with Crippen molar-refractivity contribution in [3.8, 4) is 0 Å². The topological polar surface area (TPSA) is 36.8 Å². The number of benzene rings is 1. The van der Waals surface area contributed by atoms with Gasteiger partial charge >= 0.3 is 0 Å². The van der Waals surface area contributed by atoms with Gasteiger partial charge in [-0.05, 0) is 60.1 Å². The second kappa shape index (κ2) is 8.25. The maximum Gasteiger partial charge on any atom is 0.107 e. The SMILES string of the molecule is C=N/C=C(\C=N/CNc1cccc(C(=C)C)c1)c1cscc1C. The molecule has 1 aromatic heterocycles. The van der Waals surface area contributed by atoms with Gasteiger partial charge in [0.05, 0.1) is 0 Å². The molecule has 0 radical (unpaired) electrons. The van der Waals surface area contributed by atoms with Crippen LogP contribution in [-0.2, 0) is 0 Å². The van der Waals surface area contributed by atoms with E-state index in [-0.39, 0.29) is 0 Å². The zero-order valence-electron chi connectivity index (χ0n) is 13.5. The molecule has 1 heterocycles. The molecule has 118 valence electrons. The van der Waals surface area contributed by atoms with Crippen molar-refractivity contribution in [2.75, 3.05) is 12.0 Å². The first-order valence-corrected chi connectivity index (χ1v) is 8.25. The molecule has 1 N–H and O–H groups in total. The number of allylic oxidation sites excluding steroid dienone is 2. The van der Waals surface area contributed by atoms with E-state index < -0.39 is 0 Å². The Kier molecular flexibility index (Phi) is 6.06. The third-order valence-corrected chi connectivity index (χ3v) is 4.22. The van der Waals surface area contributed by atoms with Crippen molar-refractivity contribution in [2.45, 2.75) is 13.8 Å². The fourth-order valence-electron chi connectivity index (χ4n) is 2.10. The summed E-state index contributed by atoms with van der Waals surface area (Å²) in [5, 5.41) is 7.50. The quantitative estimate of drug-likeness (QED) is 0.692. The van der Waals surface area contributed by atoms with Crippen LogP contribution in [0.5, 0.6) is 0 Å². The van der Waals surface area contributed by atoms with E-state index in [0.29, 0.717) is 6.67 Å². The van der Waals surface area contributed by atoms with E-state index in [0.717, 1.165) is 28.0 Å². The molecule has 0 bridgehead atoms. The van der Waals surface area contributed by atoms with E-state index in [2.05, 4.69) is 52.3 Å². The van der Waals surface area contributed by atoms with Crippen molar-refractivity contribution < 1.29 is 0 Å². The summed E-state index contributed by atoms with van der Waals surface area (Å²) in [6.45, 7) is 12.1. The van der Waals surface area contributed by atoms with Gasteiger partial charge in [-0.15, -0.1) is 0 Å². The summed E-state index contributed by atoms with van der Waals surface area (Å²) in [4.78, 5) is 8.32. The molecule has 0 aliphatic rings. The van der Waals surface area contributed by atoms with Crippen molar-refractivity contribution in [3.63, 3.8) is 0 Å². The highest BCUT2D eigenvalue weighted by Crippen LogP contribution is 2.21. The molecular weight excluding hydrogens is 302 g/mol. The Balaban J connectivity index is 2.02. The lowest BCUT2D eigenvalue weighted by molar-refractivity contribution is 1.15. The molecule has 4 heteroatoms. The summed E-state index contributed by atoms with van der Waals surface area (Å²) >= 11 is 1.67. The lowest BCUT2D eigenvalue weighted by Gasteiger charge is -2.06. The second-order valence-electron chi connectivity index (χ2n) is 5.24. The fraction of sp³-hybridized carbons (Fsp3) is 0.158. The van der Waals surface area contributed by atoms with Crippen LogP contribution in [0.3, 0.4) is 0 Å². The molecule has 2 rings (SSSR count). The van der Waals surface area contributed by atoms with Gasteiger partial charge in [0.15, 0.2) is 0 Å². The summed E-state index contributed by atoms with van der Waals surface area (Å²) in [5.74, 6) is 0. The predicted octanol–water partition coefficient (Wildman–Crippen LogP) is 5.27. The maximum atomic E-state index is 4.45. The molecule has 0 spiro atoms. The minimum absolute atomic E-state index is 0.497. The zero-order valence-corrected chi connectivity index (χ0v) is 14.4. The highest BCUT2D eigenvalue weighted by atomic mass is 32.1. The largest absolute Gasteiger partial charge is 0.366 e. The third kappa shape index (κ3) is 4.76. The standard InChI is InChI=1S/C19H21N3S/c1-14(2)16-6-5-7-18(8-16)22-13-21-10-17(9-20-4)19-12-23-11-15(19)3/h5-12,22H,1,4,13H2,2-3H3/b17-9+,21-10-. The molecular formula is C19H21N3S. The van der Waals surface area contributed by atoms with E-state index >= 15 is 0 Å². The average Bonchev–Trinajstić information content (AvgIpc) is 2.96. The minimum Gasteiger partial charge on any atom is -0.366 e. The van der Waals surface area contributed by atoms with E-state index in [1.165, 1.54) is 5.56 Å². The van der Waals surface area contributed by atoms with E-state index in [4.69, 9.17) is 0 Å². The maximum absolute atomic E-state index is 4.45. The van der Waals surface area contributed by atoms with Crippen LogP contribution in [-0.4, -0.2) is 19.6 Å². The molecule has 1 aromatic carbocycles. The van der Waals surface area contributed by atoms with Crippen molar-refractivity contribution in [1.29, 1.82) is 0 Å². The highest BCUT2D eigenvalue weighted by Gasteiger charge is 2.03. The van der Waals surface area contributed by atoms with Gasteiger partial charge in [0.1, 0.15) is 6.67 Å². The van der Waals surface area contributed by atoms with Crippen molar-refractivity contribution in [3.05, 3.63) is 64.5 Å². The first-order valence-electron chi connectivity index (χ1n) is 7.30. The van der Waals surface area contributed by atoms with Crippen LogP contribution in [0.25, 0.3) is 11.1 Å². The Labute approximate surface area is 141 Å². The lowest BCUT2D eigenvalue weighted by Crippen LogP contribution is -1.99. The Morgan fingerprint density at radius 2 is 2.17 bits per heavy atom. The molecule has 0 aliphatic carbocycles. The molecule has 0 amide bonds. The van der Waals surface area contributed by atoms with Crippen molar-refractivity contribution >= 4 is 41.1 Å². The predicted molar refractivity (Wildman–Crippen MR) is 105 cm³/mol. The number of aliphatic imine (C=N–C) groups is 2. The molecule has 0 fully saturated rings. The van der Waals surface area contributed by atoms with Gasteiger partial charge in [0.25, 0.3) is 0 Å². The smallest absolute Gasteiger partial charge is 0.107 e. The fourth-order valence-corrected chi connectivity index (χ4v) is 2.96. The number of nitrogens with zero attached hydrogens (tertiary/aromatic N) is 2. The number of nitrogens with one attached hydrogen (secondary N) is 1. The van der Waals surface area contributed by atoms with Gasteiger partial charge in [0, 0.05) is 23.7 Å². The first-order chi connectivity index (χ1) is 11.1. The highest BCUT2D eigenvalue weighted by molar-refractivity contribution is 7.08. The summed E-state index contributed by atoms with van der Waals surface area (Å²) in [6.07, 6.45) is 3.57. The molecule has 0 saturated heterocycles. The number of hydrogen-bond donors (Lipinski definition) is 1. The molecule has 23 heavy (non-hydrogen) atoms. The van der Waals surface area contributed by atoms with E-state index in [1.807, 2.05) is 31.3 Å². The van der Waals surface area contributed by atoms with Crippen LogP contribution >= 0.6 is 11.3 Å². The van der Waals surface area contributed by atoms with Crippen LogP contribution in [0.2, 0.25) is 0 Å². The van der Waals surface area contributed by atoms with Gasteiger partial charge in [-0.3, -0.25) is 9.98 Å². The molecule has 0 saturated carbocycles. The summed E-state index contributed by atoms with van der Waals surface area (Å²) in [6, 6.07) is 8.15. The number of hydrogen-bond acceptors (Lipinski definition) is 4. The van der Waals surface area contributed by atoms with E-state index in [1.54, 1.807) is 17.5 Å². The Hall–Kier alpha value is -2.46. The summed E-state index contributed by atoms with van der Waals surface area (Å²) in [5.41, 5.74) is 6.54. The summed E-state index contributed by atoms with van der Waals surface area (Å²) < 4.78 is 0. The minimum atomic E-state index is 0.497. The Morgan fingerprint density at radius 3 is 2.83 bits per heavy atom. The molecule has 0 aliphatic heterocycles. The van der Waals surface area contributed by atoms with Crippen molar-refractivity contribution in [1.82, 2.24) is 0 Å².